The molecule has 1 fully saturated rings. The number of piperazine rings is 1. The zero-order chi connectivity index (χ0) is 13.8. The Labute approximate surface area is 114 Å². The molecule has 1 heterocycles. The van der Waals surface area contributed by atoms with Crippen molar-refractivity contribution in [3.05, 3.63) is 35.4 Å². The minimum absolute atomic E-state index is 0.130. The molecule has 0 aromatic heterocycles. The van der Waals surface area contributed by atoms with E-state index in [0.717, 1.165) is 43.0 Å². The normalized spacial score (nSPS) is 17.6. The van der Waals surface area contributed by atoms with Gasteiger partial charge in [-0.05, 0) is 37.7 Å². The molecule has 0 aliphatic carbocycles. The fraction of sp³-hybridized carbons (Fsp3) is 0.400. The largest absolute Gasteiger partial charge is 0.399 e. The van der Waals surface area contributed by atoms with Crippen molar-refractivity contribution in [1.82, 2.24) is 9.80 Å². The van der Waals surface area contributed by atoms with Gasteiger partial charge in [-0.25, -0.2) is 0 Å². The van der Waals surface area contributed by atoms with Crippen LogP contribution in [0.2, 0.25) is 0 Å². The van der Waals surface area contributed by atoms with Crippen LogP contribution in [0.25, 0.3) is 6.08 Å². The first-order valence-corrected chi connectivity index (χ1v) is 6.58. The van der Waals surface area contributed by atoms with E-state index in [0.29, 0.717) is 0 Å². The first-order chi connectivity index (χ1) is 9.06. The van der Waals surface area contributed by atoms with Gasteiger partial charge in [0.15, 0.2) is 0 Å². The molecule has 1 amide bonds. The van der Waals surface area contributed by atoms with Gasteiger partial charge in [0.25, 0.3) is 0 Å². The maximum Gasteiger partial charge on any atom is 0.249 e. The summed E-state index contributed by atoms with van der Waals surface area (Å²) in [5.74, 6) is 0.130. The molecule has 2 rings (SSSR count). The topological polar surface area (TPSA) is 49.6 Å². The molecule has 1 aromatic carbocycles. The van der Waals surface area contributed by atoms with E-state index in [9.17, 15) is 4.79 Å². The number of amides is 1. The zero-order valence-electron chi connectivity index (χ0n) is 11.6. The lowest BCUT2D eigenvalue weighted by Gasteiger charge is -2.32. The van der Waals surface area contributed by atoms with Gasteiger partial charge < -0.3 is 15.5 Å². The van der Waals surface area contributed by atoms with E-state index >= 15 is 0 Å². The van der Waals surface area contributed by atoms with E-state index < -0.39 is 0 Å². The van der Waals surface area contributed by atoms with Crippen LogP contribution < -0.4 is 5.73 Å². The van der Waals surface area contributed by atoms with Gasteiger partial charge in [0.1, 0.15) is 0 Å². The molecule has 4 nitrogen and oxygen atoms in total. The van der Waals surface area contributed by atoms with Crippen LogP contribution in [0.3, 0.4) is 0 Å². The van der Waals surface area contributed by atoms with Crippen LogP contribution in [0.15, 0.2) is 29.8 Å². The predicted octanol–water partition coefficient (Wildman–Crippen LogP) is 1.45. The van der Waals surface area contributed by atoms with Crippen molar-refractivity contribution in [3.63, 3.8) is 0 Å². The van der Waals surface area contributed by atoms with Gasteiger partial charge >= 0.3 is 0 Å². The fourth-order valence-corrected chi connectivity index (χ4v) is 2.16. The number of carbonyl (C=O) groups excluding carboxylic acids is 1. The highest BCUT2D eigenvalue weighted by atomic mass is 16.2. The predicted molar refractivity (Wildman–Crippen MR) is 78.6 cm³/mol. The van der Waals surface area contributed by atoms with Gasteiger partial charge in [-0.15, -0.1) is 0 Å². The molecule has 102 valence electrons. The van der Waals surface area contributed by atoms with Crippen molar-refractivity contribution in [3.8, 4) is 0 Å². The molecule has 1 aliphatic rings. The van der Waals surface area contributed by atoms with Gasteiger partial charge in [-0.1, -0.05) is 12.1 Å². The minimum atomic E-state index is 0.130. The monoisotopic (exact) mass is 259 g/mol. The lowest BCUT2D eigenvalue weighted by molar-refractivity contribution is -0.128. The maximum absolute atomic E-state index is 12.3. The average molecular weight is 259 g/mol. The Hall–Kier alpha value is -1.81. The summed E-state index contributed by atoms with van der Waals surface area (Å²) in [4.78, 5) is 16.4. The Morgan fingerprint density at radius 3 is 2.32 bits per heavy atom. The second-order valence-electron chi connectivity index (χ2n) is 5.09. The van der Waals surface area contributed by atoms with Gasteiger partial charge in [0.2, 0.25) is 5.91 Å². The van der Waals surface area contributed by atoms with Crippen LogP contribution in [0.1, 0.15) is 12.5 Å². The molecule has 0 bridgehead atoms. The molecule has 1 aromatic rings. The maximum atomic E-state index is 12.3. The highest BCUT2D eigenvalue weighted by Crippen LogP contribution is 2.12. The van der Waals surface area contributed by atoms with Crippen LogP contribution in [-0.4, -0.2) is 48.9 Å². The van der Waals surface area contributed by atoms with E-state index in [2.05, 4.69) is 11.9 Å². The molecule has 19 heavy (non-hydrogen) atoms. The van der Waals surface area contributed by atoms with Crippen LogP contribution >= 0.6 is 0 Å². The van der Waals surface area contributed by atoms with Crippen LogP contribution in [0.5, 0.6) is 0 Å². The Morgan fingerprint density at radius 1 is 1.16 bits per heavy atom. The number of nitrogen functional groups attached to an aromatic ring is 1. The van der Waals surface area contributed by atoms with E-state index in [1.807, 2.05) is 42.2 Å². The van der Waals surface area contributed by atoms with E-state index in [4.69, 9.17) is 5.73 Å². The number of carbonyl (C=O) groups is 1. The molecular weight excluding hydrogens is 238 g/mol. The second kappa shape index (κ2) is 5.89. The lowest BCUT2D eigenvalue weighted by atomic mass is 10.1. The highest BCUT2D eigenvalue weighted by molar-refractivity contribution is 5.97. The summed E-state index contributed by atoms with van der Waals surface area (Å²) in [6.07, 6.45) is 1.92. The van der Waals surface area contributed by atoms with Crippen molar-refractivity contribution in [2.24, 2.45) is 0 Å². The first-order valence-electron chi connectivity index (χ1n) is 6.58. The molecule has 0 atom stereocenters. The third-order valence-corrected chi connectivity index (χ3v) is 3.45. The van der Waals surface area contributed by atoms with E-state index in [1.54, 1.807) is 0 Å². The molecule has 0 radical (unpaired) electrons. The summed E-state index contributed by atoms with van der Waals surface area (Å²) in [7, 11) is 2.08. The molecule has 0 unspecified atom stereocenters. The Kier molecular flexibility index (Phi) is 4.22. The van der Waals surface area contributed by atoms with E-state index in [1.165, 1.54) is 0 Å². The van der Waals surface area contributed by atoms with Crippen molar-refractivity contribution < 1.29 is 4.79 Å². The van der Waals surface area contributed by atoms with Crippen LogP contribution in [-0.2, 0) is 4.79 Å². The quantitative estimate of drug-likeness (QED) is 0.646. The van der Waals surface area contributed by atoms with Crippen molar-refractivity contribution in [2.45, 2.75) is 6.92 Å². The number of rotatable bonds is 2. The Balaban J connectivity index is 2.04. The van der Waals surface area contributed by atoms with Crippen molar-refractivity contribution >= 4 is 17.7 Å². The van der Waals surface area contributed by atoms with Gasteiger partial charge in [-0.2, -0.15) is 0 Å². The number of benzene rings is 1. The SMILES string of the molecule is C/C(=C\c1ccc(N)cc1)C(=O)N1CCN(C)CC1. The minimum Gasteiger partial charge on any atom is -0.399 e. The molecule has 0 spiro atoms. The molecule has 0 saturated carbocycles. The Morgan fingerprint density at radius 2 is 1.74 bits per heavy atom. The molecule has 2 N–H and O–H groups in total. The Bertz CT molecular complexity index is 471. The van der Waals surface area contributed by atoms with Crippen LogP contribution in [0, 0.1) is 0 Å². The molecule has 1 saturated heterocycles. The molecule has 1 aliphatic heterocycles. The van der Waals surface area contributed by atoms with Gasteiger partial charge in [0.05, 0.1) is 0 Å². The van der Waals surface area contributed by atoms with Gasteiger partial charge in [0, 0.05) is 37.4 Å². The smallest absolute Gasteiger partial charge is 0.249 e. The van der Waals surface area contributed by atoms with E-state index in [-0.39, 0.29) is 5.91 Å². The average Bonchev–Trinajstić information content (AvgIpc) is 2.41. The molecule has 4 heteroatoms. The number of nitrogens with two attached hydrogens (primary N) is 1. The second-order valence-corrected chi connectivity index (χ2v) is 5.09. The number of anilines is 1. The summed E-state index contributed by atoms with van der Waals surface area (Å²) in [6, 6.07) is 7.55. The van der Waals surface area contributed by atoms with Crippen molar-refractivity contribution in [2.75, 3.05) is 39.0 Å². The summed E-state index contributed by atoms with van der Waals surface area (Å²) >= 11 is 0. The summed E-state index contributed by atoms with van der Waals surface area (Å²) in [6.45, 7) is 5.38. The number of likely N-dealkylation sites (N-methyl/N-ethyl adjacent to an activating group) is 1. The first kappa shape index (κ1) is 13.6. The summed E-state index contributed by atoms with van der Waals surface area (Å²) < 4.78 is 0. The van der Waals surface area contributed by atoms with Crippen LogP contribution in [0.4, 0.5) is 5.69 Å². The summed E-state index contributed by atoms with van der Waals surface area (Å²) in [5.41, 5.74) is 8.16. The molecular formula is C15H21N3O. The number of nitrogens with zero attached hydrogens (tertiary/aromatic N) is 2. The third-order valence-electron chi connectivity index (χ3n) is 3.45. The van der Waals surface area contributed by atoms with Gasteiger partial charge in [-0.3, -0.25) is 4.79 Å². The number of hydrogen-bond donors (Lipinski definition) is 1. The zero-order valence-corrected chi connectivity index (χ0v) is 11.6. The standard InChI is InChI=1S/C15H21N3O/c1-12(11-13-3-5-14(16)6-4-13)15(19)18-9-7-17(2)8-10-18/h3-6,11H,7-10,16H2,1-2H3/b12-11+. The van der Waals surface area contributed by atoms with Crippen molar-refractivity contribution in [1.29, 1.82) is 0 Å². The number of hydrogen-bond acceptors (Lipinski definition) is 3. The lowest BCUT2D eigenvalue weighted by Crippen LogP contribution is -2.47. The highest BCUT2D eigenvalue weighted by Gasteiger charge is 2.19. The summed E-state index contributed by atoms with van der Waals surface area (Å²) in [5, 5.41) is 0. The fourth-order valence-electron chi connectivity index (χ4n) is 2.16. The third kappa shape index (κ3) is 3.58.